The zero-order chi connectivity index (χ0) is 17.2. The number of urea groups is 1. The van der Waals surface area contributed by atoms with Gasteiger partial charge < -0.3 is 10.6 Å². The first-order valence-electron chi connectivity index (χ1n) is 7.66. The Morgan fingerprint density at radius 3 is 2.00 bits per heavy atom. The highest BCUT2D eigenvalue weighted by molar-refractivity contribution is 7.92. The standard InChI is InChI=1S/C17H19N3O3S/c1-24(22,23)20(16-11-12-16)15-9-7-14(8-10-15)19-17(21)18-13-5-3-2-4-6-13/h2-10,16H,11-12H2,1H3,(H2,18,19,21). The molecule has 2 aromatic carbocycles. The summed E-state index contributed by atoms with van der Waals surface area (Å²) in [4.78, 5) is 11.9. The molecule has 7 heteroatoms. The highest BCUT2D eigenvalue weighted by atomic mass is 32.2. The van der Waals surface area contributed by atoms with E-state index in [-0.39, 0.29) is 12.1 Å². The summed E-state index contributed by atoms with van der Waals surface area (Å²) in [7, 11) is -3.30. The first kappa shape index (κ1) is 16.3. The maximum Gasteiger partial charge on any atom is 0.323 e. The molecular weight excluding hydrogens is 326 g/mol. The minimum atomic E-state index is -3.30. The molecule has 0 heterocycles. The molecule has 0 aromatic heterocycles. The van der Waals surface area contributed by atoms with Crippen molar-refractivity contribution in [2.24, 2.45) is 0 Å². The Kier molecular flexibility index (Phi) is 4.44. The van der Waals surface area contributed by atoms with Gasteiger partial charge in [0.2, 0.25) is 10.0 Å². The number of carbonyl (C=O) groups excluding carboxylic acids is 1. The Bertz CT molecular complexity index is 816. The molecule has 0 unspecified atom stereocenters. The van der Waals surface area contributed by atoms with Gasteiger partial charge in [-0.3, -0.25) is 4.31 Å². The van der Waals surface area contributed by atoms with Gasteiger partial charge in [-0.2, -0.15) is 0 Å². The van der Waals surface area contributed by atoms with Gasteiger partial charge in [-0.05, 0) is 49.2 Å². The molecule has 2 amide bonds. The first-order valence-corrected chi connectivity index (χ1v) is 9.51. The van der Waals surface area contributed by atoms with Gasteiger partial charge in [0.25, 0.3) is 0 Å². The van der Waals surface area contributed by atoms with Crippen molar-refractivity contribution in [1.29, 1.82) is 0 Å². The van der Waals surface area contributed by atoms with Crippen LogP contribution in [-0.2, 0) is 10.0 Å². The van der Waals surface area contributed by atoms with Gasteiger partial charge in [0.1, 0.15) is 0 Å². The number of nitrogens with one attached hydrogen (secondary N) is 2. The summed E-state index contributed by atoms with van der Waals surface area (Å²) in [5.74, 6) is 0. The third-order valence-electron chi connectivity index (χ3n) is 3.65. The number of hydrogen-bond donors (Lipinski definition) is 2. The van der Waals surface area contributed by atoms with Gasteiger partial charge in [0.05, 0.1) is 11.9 Å². The van der Waals surface area contributed by atoms with E-state index >= 15 is 0 Å². The van der Waals surface area contributed by atoms with Crippen molar-refractivity contribution >= 4 is 33.1 Å². The van der Waals surface area contributed by atoms with E-state index in [0.717, 1.165) is 12.8 Å². The van der Waals surface area contributed by atoms with Crippen molar-refractivity contribution in [3.8, 4) is 0 Å². The van der Waals surface area contributed by atoms with E-state index < -0.39 is 10.0 Å². The fraction of sp³-hybridized carbons (Fsp3) is 0.235. The van der Waals surface area contributed by atoms with Gasteiger partial charge >= 0.3 is 6.03 Å². The molecule has 2 N–H and O–H groups in total. The van der Waals surface area contributed by atoms with Crippen molar-refractivity contribution in [3.63, 3.8) is 0 Å². The highest BCUT2D eigenvalue weighted by Crippen LogP contribution is 2.34. The number of para-hydroxylation sites is 1. The molecule has 3 rings (SSSR count). The summed E-state index contributed by atoms with van der Waals surface area (Å²) in [6, 6.07) is 15.6. The number of sulfonamides is 1. The van der Waals surface area contributed by atoms with E-state index in [1.807, 2.05) is 18.2 Å². The van der Waals surface area contributed by atoms with Crippen molar-refractivity contribution in [2.75, 3.05) is 21.2 Å². The Hall–Kier alpha value is -2.54. The third-order valence-corrected chi connectivity index (χ3v) is 4.87. The number of nitrogens with zero attached hydrogens (tertiary/aromatic N) is 1. The van der Waals surface area contributed by atoms with Gasteiger partial charge in [-0.25, -0.2) is 13.2 Å². The van der Waals surface area contributed by atoms with E-state index in [4.69, 9.17) is 0 Å². The molecule has 1 saturated carbocycles. The van der Waals surface area contributed by atoms with Crippen LogP contribution in [-0.4, -0.2) is 26.7 Å². The number of carbonyl (C=O) groups is 1. The van der Waals surface area contributed by atoms with Crippen LogP contribution in [0.25, 0.3) is 0 Å². The molecule has 0 atom stereocenters. The maximum absolute atomic E-state index is 11.9. The lowest BCUT2D eigenvalue weighted by Gasteiger charge is -2.22. The number of anilines is 3. The Morgan fingerprint density at radius 2 is 1.50 bits per heavy atom. The first-order chi connectivity index (χ1) is 11.4. The van der Waals surface area contributed by atoms with Gasteiger partial charge in [0, 0.05) is 17.4 Å². The summed E-state index contributed by atoms with van der Waals surface area (Å²) >= 11 is 0. The summed E-state index contributed by atoms with van der Waals surface area (Å²) < 4.78 is 25.3. The number of rotatable bonds is 5. The zero-order valence-electron chi connectivity index (χ0n) is 13.3. The summed E-state index contributed by atoms with van der Waals surface area (Å²) in [5, 5.41) is 5.45. The number of hydrogen-bond acceptors (Lipinski definition) is 3. The molecule has 1 aliphatic rings. The molecular formula is C17H19N3O3S. The monoisotopic (exact) mass is 345 g/mol. The predicted molar refractivity (Wildman–Crippen MR) is 95.9 cm³/mol. The summed E-state index contributed by atoms with van der Waals surface area (Å²) in [6.07, 6.45) is 2.98. The van der Waals surface area contributed by atoms with E-state index in [9.17, 15) is 13.2 Å². The Balaban J connectivity index is 1.67. The largest absolute Gasteiger partial charge is 0.323 e. The van der Waals surface area contributed by atoms with Gasteiger partial charge in [-0.15, -0.1) is 0 Å². The lowest BCUT2D eigenvalue weighted by molar-refractivity contribution is 0.262. The quantitative estimate of drug-likeness (QED) is 0.873. The number of amides is 2. The van der Waals surface area contributed by atoms with Crippen molar-refractivity contribution in [3.05, 3.63) is 54.6 Å². The molecule has 2 aromatic rings. The van der Waals surface area contributed by atoms with Crippen LogP contribution < -0.4 is 14.9 Å². The minimum Gasteiger partial charge on any atom is -0.308 e. The topological polar surface area (TPSA) is 78.5 Å². The smallest absolute Gasteiger partial charge is 0.308 e. The maximum atomic E-state index is 11.9. The normalized spacial score (nSPS) is 14.0. The van der Waals surface area contributed by atoms with Gasteiger partial charge in [-0.1, -0.05) is 18.2 Å². The average molecular weight is 345 g/mol. The predicted octanol–water partition coefficient (Wildman–Crippen LogP) is 3.26. The Labute approximate surface area is 141 Å². The second-order valence-corrected chi connectivity index (χ2v) is 7.64. The Morgan fingerprint density at radius 1 is 0.958 bits per heavy atom. The molecule has 1 aliphatic carbocycles. The molecule has 1 fully saturated rings. The SMILES string of the molecule is CS(=O)(=O)N(c1ccc(NC(=O)Nc2ccccc2)cc1)C1CC1. The fourth-order valence-corrected chi connectivity index (χ4v) is 3.75. The molecule has 0 saturated heterocycles. The van der Waals surface area contributed by atoms with E-state index in [2.05, 4.69) is 10.6 Å². The van der Waals surface area contributed by atoms with Crippen LogP contribution in [0.1, 0.15) is 12.8 Å². The van der Waals surface area contributed by atoms with E-state index in [0.29, 0.717) is 17.1 Å². The average Bonchev–Trinajstić information content (AvgIpc) is 3.33. The van der Waals surface area contributed by atoms with Crippen LogP contribution in [0, 0.1) is 0 Å². The van der Waals surface area contributed by atoms with E-state index in [1.165, 1.54) is 10.6 Å². The number of benzene rings is 2. The van der Waals surface area contributed by atoms with E-state index in [1.54, 1.807) is 36.4 Å². The molecule has 6 nitrogen and oxygen atoms in total. The highest BCUT2D eigenvalue weighted by Gasteiger charge is 2.35. The minimum absolute atomic E-state index is 0.0557. The van der Waals surface area contributed by atoms with Crippen LogP contribution in [0.15, 0.2) is 54.6 Å². The lowest BCUT2D eigenvalue weighted by Crippen LogP contribution is -2.31. The summed E-state index contributed by atoms with van der Waals surface area (Å²) in [6.45, 7) is 0. The van der Waals surface area contributed by atoms with Gasteiger partial charge in [0.15, 0.2) is 0 Å². The molecule has 24 heavy (non-hydrogen) atoms. The molecule has 0 aliphatic heterocycles. The van der Waals surface area contributed by atoms with Crippen LogP contribution in [0.3, 0.4) is 0 Å². The molecule has 0 radical (unpaired) electrons. The molecule has 0 bridgehead atoms. The molecule has 0 spiro atoms. The zero-order valence-corrected chi connectivity index (χ0v) is 14.1. The second-order valence-electron chi connectivity index (χ2n) is 5.78. The van der Waals surface area contributed by atoms with Crippen molar-refractivity contribution < 1.29 is 13.2 Å². The van der Waals surface area contributed by atoms with Crippen LogP contribution >= 0.6 is 0 Å². The third kappa shape index (κ3) is 4.05. The fourth-order valence-electron chi connectivity index (χ4n) is 2.49. The van der Waals surface area contributed by atoms with Crippen molar-refractivity contribution in [1.82, 2.24) is 0 Å². The second kappa shape index (κ2) is 6.52. The van der Waals surface area contributed by atoms with Crippen LogP contribution in [0.4, 0.5) is 21.9 Å². The lowest BCUT2D eigenvalue weighted by atomic mass is 10.2. The van der Waals surface area contributed by atoms with Crippen molar-refractivity contribution in [2.45, 2.75) is 18.9 Å². The summed E-state index contributed by atoms with van der Waals surface area (Å²) in [5.41, 5.74) is 1.91. The van der Waals surface area contributed by atoms with Crippen LogP contribution in [0.2, 0.25) is 0 Å². The van der Waals surface area contributed by atoms with Crippen LogP contribution in [0.5, 0.6) is 0 Å². The molecule has 126 valence electrons.